The van der Waals surface area contributed by atoms with Crippen LogP contribution < -0.4 is 5.32 Å². The predicted molar refractivity (Wildman–Crippen MR) is 90.6 cm³/mol. The molecule has 0 aliphatic rings. The lowest BCUT2D eigenvalue weighted by molar-refractivity contribution is 0.807. The third-order valence-corrected chi connectivity index (χ3v) is 3.89. The zero-order valence-electron chi connectivity index (χ0n) is 12.9. The van der Waals surface area contributed by atoms with Crippen molar-refractivity contribution in [1.82, 2.24) is 15.0 Å². The van der Waals surface area contributed by atoms with Crippen molar-refractivity contribution < 1.29 is 0 Å². The molecule has 0 aliphatic heterocycles. The highest BCUT2D eigenvalue weighted by Gasteiger charge is 2.16. The normalized spacial score (nSPS) is 11.0. The second kappa shape index (κ2) is 6.98. The molecule has 4 nitrogen and oxygen atoms in total. The van der Waals surface area contributed by atoms with Gasteiger partial charge in [-0.05, 0) is 52.9 Å². The molecule has 0 saturated heterocycles. The highest BCUT2D eigenvalue weighted by atomic mass is 79.9. The summed E-state index contributed by atoms with van der Waals surface area (Å²) in [6.45, 7) is 9.32. The minimum Gasteiger partial charge on any atom is -0.369 e. The van der Waals surface area contributed by atoms with Gasteiger partial charge in [-0.3, -0.25) is 4.98 Å². The minimum atomic E-state index is 0.313. The molecule has 2 aromatic heterocycles. The van der Waals surface area contributed by atoms with Gasteiger partial charge < -0.3 is 5.32 Å². The maximum absolute atomic E-state index is 4.69. The molecule has 0 saturated carbocycles. The first-order valence-electron chi connectivity index (χ1n) is 7.27. The predicted octanol–water partition coefficient (Wildman–Crippen LogP) is 4.55. The van der Waals surface area contributed by atoms with Crippen LogP contribution in [0.1, 0.15) is 44.4 Å². The average molecular weight is 349 g/mol. The van der Waals surface area contributed by atoms with Crippen LogP contribution in [-0.4, -0.2) is 21.5 Å². The first kappa shape index (κ1) is 15.9. The number of hydrogen-bond acceptors (Lipinski definition) is 4. The van der Waals surface area contributed by atoms with E-state index < -0.39 is 0 Å². The number of halogens is 1. The fourth-order valence-corrected chi connectivity index (χ4v) is 2.76. The van der Waals surface area contributed by atoms with E-state index in [4.69, 9.17) is 4.98 Å². The van der Waals surface area contributed by atoms with Gasteiger partial charge in [0.15, 0.2) is 5.82 Å². The zero-order chi connectivity index (χ0) is 15.4. The van der Waals surface area contributed by atoms with E-state index in [0.29, 0.717) is 11.7 Å². The third-order valence-electron chi connectivity index (χ3n) is 3.11. The summed E-state index contributed by atoms with van der Waals surface area (Å²) >= 11 is 3.63. The molecular weight excluding hydrogens is 328 g/mol. The van der Waals surface area contributed by atoms with Gasteiger partial charge in [-0.2, -0.15) is 0 Å². The van der Waals surface area contributed by atoms with Gasteiger partial charge >= 0.3 is 0 Å². The second-order valence-electron chi connectivity index (χ2n) is 5.39. The molecule has 2 rings (SSSR count). The Bertz CT molecular complexity index is 626. The summed E-state index contributed by atoms with van der Waals surface area (Å²) in [6, 6.07) is 3.99. The van der Waals surface area contributed by atoms with Gasteiger partial charge in [0.05, 0.1) is 10.2 Å². The summed E-state index contributed by atoms with van der Waals surface area (Å²) in [5.74, 6) is 1.83. The summed E-state index contributed by atoms with van der Waals surface area (Å²) in [6.07, 6.45) is 2.84. The molecule has 5 heteroatoms. The summed E-state index contributed by atoms with van der Waals surface area (Å²) in [4.78, 5) is 13.7. The van der Waals surface area contributed by atoms with Crippen molar-refractivity contribution in [3.8, 4) is 11.5 Å². The molecule has 0 aliphatic carbocycles. The summed E-state index contributed by atoms with van der Waals surface area (Å²) < 4.78 is 0.947. The topological polar surface area (TPSA) is 50.7 Å². The molecule has 0 fully saturated rings. The summed E-state index contributed by atoms with van der Waals surface area (Å²) in [5, 5.41) is 3.36. The smallest absolute Gasteiger partial charge is 0.180 e. The number of anilines is 1. The molecule has 0 radical (unpaired) electrons. The number of aromatic nitrogens is 3. The summed E-state index contributed by atoms with van der Waals surface area (Å²) in [7, 11) is 0. The maximum atomic E-state index is 4.69. The fourth-order valence-electron chi connectivity index (χ4n) is 1.98. The van der Waals surface area contributed by atoms with Crippen molar-refractivity contribution in [2.75, 3.05) is 11.9 Å². The van der Waals surface area contributed by atoms with Crippen molar-refractivity contribution in [3.05, 3.63) is 34.1 Å². The first-order valence-corrected chi connectivity index (χ1v) is 8.06. The monoisotopic (exact) mass is 348 g/mol. The minimum absolute atomic E-state index is 0.313. The number of rotatable bonds is 5. The molecular formula is C16H21BrN4. The van der Waals surface area contributed by atoms with E-state index in [1.807, 2.05) is 19.1 Å². The van der Waals surface area contributed by atoms with Gasteiger partial charge in [0.2, 0.25) is 0 Å². The van der Waals surface area contributed by atoms with Crippen LogP contribution in [0.15, 0.2) is 22.8 Å². The molecule has 0 spiro atoms. The van der Waals surface area contributed by atoms with E-state index in [-0.39, 0.29) is 0 Å². The Balaban J connectivity index is 2.53. The van der Waals surface area contributed by atoms with Crippen LogP contribution in [0.2, 0.25) is 0 Å². The molecule has 0 bridgehead atoms. The van der Waals surface area contributed by atoms with Gasteiger partial charge in [-0.25, -0.2) is 9.97 Å². The maximum Gasteiger partial charge on any atom is 0.180 e. The highest BCUT2D eigenvalue weighted by molar-refractivity contribution is 9.10. The largest absolute Gasteiger partial charge is 0.369 e. The van der Waals surface area contributed by atoms with E-state index in [1.54, 1.807) is 6.20 Å². The molecule has 0 atom stereocenters. The van der Waals surface area contributed by atoms with E-state index >= 15 is 0 Å². The second-order valence-corrected chi connectivity index (χ2v) is 6.19. The van der Waals surface area contributed by atoms with E-state index in [2.05, 4.69) is 52.0 Å². The Morgan fingerprint density at radius 1 is 1.29 bits per heavy atom. The SMILES string of the molecule is CCCNc1nc(-c2cc(C)ccn2)nc(C(C)C)c1Br. The van der Waals surface area contributed by atoms with Gasteiger partial charge in [0.1, 0.15) is 11.5 Å². The molecule has 1 N–H and O–H groups in total. The Morgan fingerprint density at radius 3 is 2.67 bits per heavy atom. The Labute approximate surface area is 134 Å². The molecule has 2 heterocycles. The van der Waals surface area contributed by atoms with Crippen LogP contribution in [0.25, 0.3) is 11.5 Å². The third kappa shape index (κ3) is 3.79. The Kier molecular flexibility index (Phi) is 5.28. The van der Waals surface area contributed by atoms with Crippen LogP contribution in [0.4, 0.5) is 5.82 Å². The number of aryl methyl sites for hydroxylation is 1. The van der Waals surface area contributed by atoms with Gasteiger partial charge in [0.25, 0.3) is 0 Å². The van der Waals surface area contributed by atoms with E-state index in [1.165, 1.54) is 0 Å². The number of pyridine rings is 1. The highest BCUT2D eigenvalue weighted by Crippen LogP contribution is 2.31. The average Bonchev–Trinajstić information content (AvgIpc) is 2.46. The number of nitrogens with zero attached hydrogens (tertiary/aromatic N) is 3. The number of nitrogens with one attached hydrogen (secondary N) is 1. The van der Waals surface area contributed by atoms with Crippen LogP contribution in [0, 0.1) is 6.92 Å². The molecule has 2 aromatic rings. The van der Waals surface area contributed by atoms with Gasteiger partial charge in [-0.15, -0.1) is 0 Å². The van der Waals surface area contributed by atoms with Crippen molar-refractivity contribution in [1.29, 1.82) is 0 Å². The van der Waals surface area contributed by atoms with E-state index in [0.717, 1.165) is 40.2 Å². The van der Waals surface area contributed by atoms with Crippen LogP contribution in [-0.2, 0) is 0 Å². The van der Waals surface area contributed by atoms with Crippen molar-refractivity contribution in [3.63, 3.8) is 0 Å². The van der Waals surface area contributed by atoms with Crippen molar-refractivity contribution in [2.45, 2.75) is 40.0 Å². The van der Waals surface area contributed by atoms with Crippen molar-refractivity contribution >= 4 is 21.7 Å². The Morgan fingerprint density at radius 2 is 2.05 bits per heavy atom. The summed E-state index contributed by atoms with van der Waals surface area (Å²) in [5.41, 5.74) is 2.96. The lowest BCUT2D eigenvalue weighted by Crippen LogP contribution is -2.08. The quantitative estimate of drug-likeness (QED) is 0.860. The first-order chi connectivity index (χ1) is 10.0. The molecule has 0 aromatic carbocycles. The zero-order valence-corrected chi connectivity index (χ0v) is 14.5. The van der Waals surface area contributed by atoms with Crippen LogP contribution in [0.3, 0.4) is 0 Å². The van der Waals surface area contributed by atoms with Gasteiger partial charge in [0, 0.05) is 12.7 Å². The van der Waals surface area contributed by atoms with Gasteiger partial charge in [-0.1, -0.05) is 20.8 Å². The number of hydrogen-bond donors (Lipinski definition) is 1. The molecule has 0 unspecified atom stereocenters. The Hall–Kier alpha value is -1.49. The standard InChI is InChI=1S/C16H21BrN4/c1-5-7-19-16-13(17)14(10(2)3)20-15(21-16)12-9-11(4)6-8-18-12/h6,8-10H,5,7H2,1-4H3,(H,19,20,21). The fraction of sp³-hybridized carbons (Fsp3) is 0.438. The van der Waals surface area contributed by atoms with Crippen molar-refractivity contribution in [2.24, 2.45) is 0 Å². The molecule has 21 heavy (non-hydrogen) atoms. The van der Waals surface area contributed by atoms with E-state index in [9.17, 15) is 0 Å². The molecule has 112 valence electrons. The lowest BCUT2D eigenvalue weighted by Gasteiger charge is -2.14. The van der Waals surface area contributed by atoms with Crippen LogP contribution in [0.5, 0.6) is 0 Å². The lowest BCUT2D eigenvalue weighted by atomic mass is 10.1. The molecule has 0 amide bonds. The van der Waals surface area contributed by atoms with Crippen LogP contribution >= 0.6 is 15.9 Å².